The number of aromatic nitrogens is 1. The molecule has 2 nitrogen and oxygen atoms in total. The van der Waals surface area contributed by atoms with Crippen molar-refractivity contribution in [3.63, 3.8) is 0 Å². The zero-order valence-electron chi connectivity index (χ0n) is 10.7. The number of halogens is 1. The molecule has 1 atom stereocenters. The lowest BCUT2D eigenvalue weighted by Crippen LogP contribution is -2.32. The summed E-state index contributed by atoms with van der Waals surface area (Å²) in [6.45, 7) is 10.4. The van der Waals surface area contributed by atoms with E-state index in [2.05, 4.69) is 52.7 Å². The zero-order valence-corrected chi connectivity index (χ0v) is 12.3. The molecule has 17 heavy (non-hydrogen) atoms. The highest BCUT2D eigenvalue weighted by Crippen LogP contribution is 2.24. The molecular formula is C14H21BrN2. The van der Waals surface area contributed by atoms with Crippen molar-refractivity contribution in [3.05, 3.63) is 41.2 Å². The van der Waals surface area contributed by atoms with E-state index >= 15 is 0 Å². The Balaban J connectivity index is 2.64. The van der Waals surface area contributed by atoms with Crippen LogP contribution in [0.4, 0.5) is 0 Å². The van der Waals surface area contributed by atoms with Crippen molar-refractivity contribution < 1.29 is 0 Å². The third-order valence-electron chi connectivity index (χ3n) is 2.82. The topological polar surface area (TPSA) is 24.9 Å². The Morgan fingerprint density at radius 1 is 1.53 bits per heavy atom. The van der Waals surface area contributed by atoms with Gasteiger partial charge in [-0.15, -0.1) is 6.58 Å². The Kier molecular flexibility index (Phi) is 5.86. The smallest absolute Gasteiger partial charge is 0.0410 e. The molecule has 0 amide bonds. The first-order chi connectivity index (χ1) is 8.09. The molecule has 1 N–H and O–H groups in total. The monoisotopic (exact) mass is 296 g/mol. The maximum atomic E-state index is 4.20. The molecule has 1 aromatic heterocycles. The Bertz CT molecular complexity index is 365. The predicted octanol–water partition coefficient (Wildman–Crippen LogP) is 3.58. The molecule has 0 aliphatic carbocycles. The van der Waals surface area contributed by atoms with Crippen LogP contribution >= 0.6 is 15.9 Å². The van der Waals surface area contributed by atoms with Crippen molar-refractivity contribution in [3.8, 4) is 0 Å². The highest BCUT2D eigenvalue weighted by Gasteiger charge is 2.20. The van der Waals surface area contributed by atoms with Gasteiger partial charge in [-0.25, -0.2) is 0 Å². The molecule has 1 aromatic rings. The van der Waals surface area contributed by atoms with Gasteiger partial charge in [0.05, 0.1) is 0 Å². The van der Waals surface area contributed by atoms with Gasteiger partial charge >= 0.3 is 0 Å². The number of pyridine rings is 1. The van der Waals surface area contributed by atoms with Crippen LogP contribution in [0.15, 0.2) is 35.6 Å². The van der Waals surface area contributed by atoms with Gasteiger partial charge in [0.15, 0.2) is 0 Å². The lowest BCUT2D eigenvalue weighted by atomic mass is 9.84. The van der Waals surface area contributed by atoms with Gasteiger partial charge in [0.2, 0.25) is 0 Å². The first kappa shape index (κ1) is 14.4. The summed E-state index contributed by atoms with van der Waals surface area (Å²) < 4.78 is 1.03. The Labute approximate surface area is 113 Å². The van der Waals surface area contributed by atoms with Gasteiger partial charge in [0.25, 0.3) is 0 Å². The van der Waals surface area contributed by atoms with E-state index in [1.165, 1.54) is 5.56 Å². The average Bonchev–Trinajstić information content (AvgIpc) is 2.29. The molecule has 0 aliphatic rings. The molecule has 0 bridgehead atoms. The van der Waals surface area contributed by atoms with Crippen LogP contribution in [0.25, 0.3) is 0 Å². The van der Waals surface area contributed by atoms with Crippen molar-refractivity contribution in [1.82, 2.24) is 10.3 Å². The molecule has 0 saturated heterocycles. The lowest BCUT2D eigenvalue weighted by molar-refractivity contribution is 0.391. The number of nitrogens with zero attached hydrogens (tertiary/aromatic N) is 1. The van der Waals surface area contributed by atoms with Crippen LogP contribution in [0.2, 0.25) is 0 Å². The molecular weight excluding hydrogens is 276 g/mol. The standard InChI is InChI=1S/C14H21BrN2/c1-4-6-16-11-14(3,5-2)8-12-7-13(15)10-17-9-12/h5,7,9-10,16H,2,4,6,8,11H2,1,3H3. The van der Waals surface area contributed by atoms with Gasteiger partial charge in [-0.3, -0.25) is 4.98 Å². The fourth-order valence-corrected chi connectivity index (χ4v) is 2.19. The molecule has 0 saturated carbocycles. The summed E-state index contributed by atoms with van der Waals surface area (Å²) in [7, 11) is 0. The van der Waals surface area contributed by atoms with Crippen LogP contribution in [0.1, 0.15) is 25.8 Å². The highest BCUT2D eigenvalue weighted by molar-refractivity contribution is 9.10. The molecule has 1 unspecified atom stereocenters. The van der Waals surface area contributed by atoms with E-state index in [0.29, 0.717) is 0 Å². The fourth-order valence-electron chi connectivity index (χ4n) is 1.78. The first-order valence-corrected chi connectivity index (χ1v) is 6.82. The summed E-state index contributed by atoms with van der Waals surface area (Å²) in [5.41, 5.74) is 1.32. The normalized spacial score (nSPS) is 14.3. The molecule has 0 fully saturated rings. The minimum Gasteiger partial charge on any atom is -0.316 e. The Morgan fingerprint density at radius 2 is 2.29 bits per heavy atom. The van der Waals surface area contributed by atoms with Crippen molar-refractivity contribution in [1.29, 1.82) is 0 Å². The number of rotatable bonds is 7. The Hall–Kier alpha value is -0.670. The quantitative estimate of drug-likeness (QED) is 0.614. The minimum atomic E-state index is 0.0810. The summed E-state index contributed by atoms with van der Waals surface area (Å²) in [6, 6.07) is 2.12. The van der Waals surface area contributed by atoms with Crippen LogP contribution in [0.3, 0.4) is 0 Å². The van der Waals surface area contributed by atoms with Gasteiger partial charge in [-0.1, -0.05) is 19.9 Å². The van der Waals surface area contributed by atoms with Crippen molar-refractivity contribution >= 4 is 15.9 Å². The second-order valence-electron chi connectivity index (χ2n) is 4.72. The van der Waals surface area contributed by atoms with E-state index < -0.39 is 0 Å². The van der Waals surface area contributed by atoms with Gasteiger partial charge in [0.1, 0.15) is 0 Å². The van der Waals surface area contributed by atoms with Crippen LogP contribution in [-0.2, 0) is 6.42 Å². The van der Waals surface area contributed by atoms with Gasteiger partial charge in [-0.05, 0) is 46.9 Å². The minimum absolute atomic E-state index is 0.0810. The first-order valence-electron chi connectivity index (χ1n) is 6.03. The van der Waals surface area contributed by atoms with Crippen molar-refractivity contribution in [2.75, 3.05) is 13.1 Å². The van der Waals surface area contributed by atoms with Crippen LogP contribution < -0.4 is 5.32 Å². The zero-order chi connectivity index (χ0) is 12.7. The van der Waals surface area contributed by atoms with Crippen LogP contribution in [0.5, 0.6) is 0 Å². The molecule has 94 valence electrons. The van der Waals surface area contributed by atoms with E-state index in [0.717, 1.165) is 30.4 Å². The maximum absolute atomic E-state index is 4.20. The molecule has 1 heterocycles. The second kappa shape index (κ2) is 6.92. The van der Waals surface area contributed by atoms with E-state index in [4.69, 9.17) is 0 Å². The fraction of sp³-hybridized carbons (Fsp3) is 0.500. The molecule has 0 aromatic carbocycles. The summed E-state index contributed by atoms with van der Waals surface area (Å²) in [5, 5.41) is 3.46. The number of hydrogen-bond acceptors (Lipinski definition) is 2. The molecule has 0 spiro atoms. The highest BCUT2D eigenvalue weighted by atomic mass is 79.9. The van der Waals surface area contributed by atoms with Gasteiger partial charge in [-0.2, -0.15) is 0 Å². The summed E-state index contributed by atoms with van der Waals surface area (Å²) >= 11 is 3.45. The van der Waals surface area contributed by atoms with E-state index in [-0.39, 0.29) is 5.41 Å². The van der Waals surface area contributed by atoms with E-state index in [9.17, 15) is 0 Å². The summed E-state index contributed by atoms with van der Waals surface area (Å²) in [5.74, 6) is 0. The van der Waals surface area contributed by atoms with Gasteiger partial charge < -0.3 is 5.32 Å². The van der Waals surface area contributed by atoms with Crippen molar-refractivity contribution in [2.45, 2.75) is 26.7 Å². The van der Waals surface area contributed by atoms with Crippen LogP contribution in [-0.4, -0.2) is 18.1 Å². The second-order valence-corrected chi connectivity index (χ2v) is 5.64. The summed E-state index contributed by atoms with van der Waals surface area (Å²) in [6.07, 6.45) is 7.89. The number of hydrogen-bond donors (Lipinski definition) is 1. The van der Waals surface area contributed by atoms with E-state index in [1.807, 2.05) is 18.5 Å². The molecule has 0 aliphatic heterocycles. The SMILES string of the molecule is C=CC(C)(CNCCC)Cc1cncc(Br)c1. The van der Waals surface area contributed by atoms with Crippen LogP contribution in [0, 0.1) is 5.41 Å². The Morgan fingerprint density at radius 3 is 2.88 bits per heavy atom. The largest absolute Gasteiger partial charge is 0.316 e. The van der Waals surface area contributed by atoms with Crippen molar-refractivity contribution in [2.24, 2.45) is 5.41 Å². The van der Waals surface area contributed by atoms with Gasteiger partial charge in [0, 0.05) is 28.8 Å². The average molecular weight is 297 g/mol. The molecule has 0 radical (unpaired) electrons. The van der Waals surface area contributed by atoms with E-state index in [1.54, 1.807) is 0 Å². The third kappa shape index (κ3) is 5.00. The third-order valence-corrected chi connectivity index (χ3v) is 3.25. The molecule has 1 rings (SSSR count). The predicted molar refractivity (Wildman–Crippen MR) is 77.1 cm³/mol. The lowest BCUT2D eigenvalue weighted by Gasteiger charge is -2.26. The molecule has 3 heteroatoms. The maximum Gasteiger partial charge on any atom is 0.0410 e. The summed E-state index contributed by atoms with van der Waals surface area (Å²) in [4.78, 5) is 4.20. The number of nitrogens with one attached hydrogen (secondary N) is 1.